The molecule has 0 N–H and O–H groups in total. The summed E-state index contributed by atoms with van der Waals surface area (Å²) in [7, 11) is 0. The molecule has 13 heavy (non-hydrogen) atoms. The number of rotatable bonds is 4. The molecule has 0 saturated heterocycles. The Morgan fingerprint density at radius 2 is 1.31 bits per heavy atom. The van der Waals surface area contributed by atoms with Crippen molar-refractivity contribution in [3.8, 4) is 0 Å². The predicted molar refractivity (Wildman–Crippen MR) is 59.7 cm³/mol. The fourth-order valence-electron chi connectivity index (χ4n) is 3.04. The standard InChI is InChI=1S/C13H26/c1-5-10(3)12-8-7-9-13(12)11(4)6-2/h10-13H,5-9H2,1-4H3. The van der Waals surface area contributed by atoms with Gasteiger partial charge in [0.25, 0.3) is 0 Å². The zero-order valence-corrected chi connectivity index (χ0v) is 9.84. The molecule has 1 saturated carbocycles. The molecule has 0 spiro atoms. The maximum atomic E-state index is 2.45. The van der Waals surface area contributed by atoms with Gasteiger partial charge in [-0.25, -0.2) is 0 Å². The van der Waals surface area contributed by atoms with Crippen LogP contribution >= 0.6 is 0 Å². The molecule has 0 bridgehead atoms. The minimum Gasteiger partial charge on any atom is -0.0651 e. The van der Waals surface area contributed by atoms with Gasteiger partial charge in [0.1, 0.15) is 0 Å². The van der Waals surface area contributed by atoms with Crippen molar-refractivity contribution in [1.82, 2.24) is 0 Å². The zero-order valence-electron chi connectivity index (χ0n) is 9.84. The summed E-state index contributed by atoms with van der Waals surface area (Å²) in [4.78, 5) is 0. The molecule has 4 unspecified atom stereocenters. The molecule has 0 aromatic heterocycles. The minimum absolute atomic E-state index is 0.960. The Balaban J connectivity index is 2.52. The van der Waals surface area contributed by atoms with E-state index in [4.69, 9.17) is 0 Å². The second-order valence-corrected chi connectivity index (χ2v) is 5.03. The lowest BCUT2D eigenvalue weighted by Gasteiger charge is -2.29. The average Bonchev–Trinajstić information content (AvgIpc) is 2.63. The number of hydrogen-bond acceptors (Lipinski definition) is 0. The molecule has 0 nitrogen and oxygen atoms in total. The molecular formula is C13H26. The highest BCUT2D eigenvalue weighted by molar-refractivity contribution is 4.83. The number of hydrogen-bond donors (Lipinski definition) is 0. The summed E-state index contributed by atoms with van der Waals surface area (Å²) in [5.74, 6) is 4.00. The maximum Gasteiger partial charge on any atom is -0.0358 e. The van der Waals surface area contributed by atoms with E-state index < -0.39 is 0 Å². The van der Waals surface area contributed by atoms with Gasteiger partial charge in [0.05, 0.1) is 0 Å². The van der Waals surface area contributed by atoms with Gasteiger partial charge in [-0.1, -0.05) is 47.0 Å². The molecule has 4 atom stereocenters. The van der Waals surface area contributed by atoms with E-state index >= 15 is 0 Å². The first-order valence-corrected chi connectivity index (χ1v) is 6.20. The van der Waals surface area contributed by atoms with Crippen LogP contribution in [0, 0.1) is 23.7 Å². The topological polar surface area (TPSA) is 0 Å². The lowest BCUT2D eigenvalue weighted by molar-refractivity contribution is 0.205. The van der Waals surface area contributed by atoms with Crippen molar-refractivity contribution in [2.45, 2.75) is 59.8 Å². The zero-order chi connectivity index (χ0) is 9.84. The maximum absolute atomic E-state index is 2.45. The van der Waals surface area contributed by atoms with E-state index in [9.17, 15) is 0 Å². The first kappa shape index (κ1) is 11.1. The third-order valence-electron chi connectivity index (χ3n) is 4.37. The van der Waals surface area contributed by atoms with Gasteiger partial charge in [0, 0.05) is 0 Å². The minimum atomic E-state index is 0.960. The Morgan fingerprint density at radius 3 is 1.62 bits per heavy atom. The Hall–Kier alpha value is 0. The fraction of sp³-hybridized carbons (Fsp3) is 1.00. The van der Waals surface area contributed by atoms with Gasteiger partial charge in [-0.05, 0) is 36.5 Å². The summed E-state index contributed by atoms with van der Waals surface area (Å²) in [6.45, 7) is 9.59. The molecule has 0 amide bonds. The molecule has 1 aliphatic carbocycles. The lowest BCUT2D eigenvalue weighted by atomic mass is 9.77. The summed E-state index contributed by atoms with van der Waals surface area (Å²) in [6, 6.07) is 0. The van der Waals surface area contributed by atoms with Crippen molar-refractivity contribution in [2.75, 3.05) is 0 Å². The highest BCUT2D eigenvalue weighted by Gasteiger charge is 2.33. The van der Waals surface area contributed by atoms with E-state index in [1.54, 1.807) is 0 Å². The molecule has 0 radical (unpaired) electrons. The molecule has 1 rings (SSSR count). The van der Waals surface area contributed by atoms with Crippen LogP contribution in [0.2, 0.25) is 0 Å². The van der Waals surface area contributed by atoms with Crippen LogP contribution in [-0.4, -0.2) is 0 Å². The Morgan fingerprint density at radius 1 is 0.923 bits per heavy atom. The summed E-state index contributed by atoms with van der Waals surface area (Å²) in [6.07, 6.45) is 7.24. The van der Waals surface area contributed by atoms with Crippen molar-refractivity contribution in [3.63, 3.8) is 0 Å². The lowest BCUT2D eigenvalue weighted by Crippen LogP contribution is -2.21. The van der Waals surface area contributed by atoms with E-state index in [1.807, 2.05) is 0 Å². The molecule has 0 heteroatoms. The van der Waals surface area contributed by atoms with Crippen molar-refractivity contribution >= 4 is 0 Å². The second-order valence-electron chi connectivity index (χ2n) is 5.03. The van der Waals surface area contributed by atoms with Crippen LogP contribution in [0.4, 0.5) is 0 Å². The predicted octanol–water partition coefficient (Wildman–Crippen LogP) is 4.49. The van der Waals surface area contributed by atoms with E-state index in [0.29, 0.717) is 0 Å². The third-order valence-corrected chi connectivity index (χ3v) is 4.37. The highest BCUT2D eigenvalue weighted by Crippen LogP contribution is 2.42. The summed E-state index contributed by atoms with van der Waals surface area (Å²) in [5, 5.41) is 0. The SMILES string of the molecule is CCC(C)C1CCCC1C(C)CC. The van der Waals surface area contributed by atoms with Gasteiger partial charge >= 0.3 is 0 Å². The van der Waals surface area contributed by atoms with Crippen LogP contribution in [0.5, 0.6) is 0 Å². The molecular weight excluding hydrogens is 156 g/mol. The molecule has 0 heterocycles. The van der Waals surface area contributed by atoms with Crippen molar-refractivity contribution in [1.29, 1.82) is 0 Å². The monoisotopic (exact) mass is 182 g/mol. The molecule has 0 aromatic carbocycles. The molecule has 0 aromatic rings. The van der Waals surface area contributed by atoms with Crippen LogP contribution in [0.1, 0.15) is 59.8 Å². The van der Waals surface area contributed by atoms with Crippen LogP contribution < -0.4 is 0 Å². The molecule has 78 valence electrons. The van der Waals surface area contributed by atoms with Crippen LogP contribution in [0.15, 0.2) is 0 Å². The average molecular weight is 182 g/mol. The summed E-state index contributed by atoms with van der Waals surface area (Å²) in [5.41, 5.74) is 0. The van der Waals surface area contributed by atoms with Gasteiger partial charge in [0.15, 0.2) is 0 Å². The Labute approximate surface area is 84.1 Å². The van der Waals surface area contributed by atoms with Crippen LogP contribution in [-0.2, 0) is 0 Å². The Bertz CT molecular complexity index is 123. The third kappa shape index (κ3) is 2.48. The van der Waals surface area contributed by atoms with E-state index in [0.717, 1.165) is 23.7 Å². The first-order chi connectivity index (χ1) is 6.20. The molecule has 1 aliphatic rings. The van der Waals surface area contributed by atoms with Crippen LogP contribution in [0.25, 0.3) is 0 Å². The van der Waals surface area contributed by atoms with Crippen molar-refractivity contribution in [2.24, 2.45) is 23.7 Å². The highest BCUT2D eigenvalue weighted by atomic mass is 14.4. The van der Waals surface area contributed by atoms with Crippen molar-refractivity contribution in [3.05, 3.63) is 0 Å². The molecule has 0 aliphatic heterocycles. The van der Waals surface area contributed by atoms with E-state index in [1.165, 1.54) is 32.1 Å². The normalized spacial score (nSPS) is 33.2. The van der Waals surface area contributed by atoms with Crippen LogP contribution in [0.3, 0.4) is 0 Å². The van der Waals surface area contributed by atoms with Gasteiger partial charge in [0.2, 0.25) is 0 Å². The molecule has 1 fully saturated rings. The van der Waals surface area contributed by atoms with Gasteiger partial charge in [-0.15, -0.1) is 0 Å². The summed E-state index contributed by atoms with van der Waals surface area (Å²) >= 11 is 0. The van der Waals surface area contributed by atoms with Crippen molar-refractivity contribution < 1.29 is 0 Å². The smallest absolute Gasteiger partial charge is 0.0358 e. The van der Waals surface area contributed by atoms with E-state index in [-0.39, 0.29) is 0 Å². The Kier molecular flexibility index (Phi) is 4.28. The van der Waals surface area contributed by atoms with Gasteiger partial charge in [-0.3, -0.25) is 0 Å². The second kappa shape index (κ2) is 5.02. The fourth-order valence-corrected chi connectivity index (χ4v) is 3.04. The van der Waals surface area contributed by atoms with Gasteiger partial charge in [-0.2, -0.15) is 0 Å². The van der Waals surface area contributed by atoms with Gasteiger partial charge < -0.3 is 0 Å². The largest absolute Gasteiger partial charge is 0.0651 e. The summed E-state index contributed by atoms with van der Waals surface area (Å²) < 4.78 is 0. The first-order valence-electron chi connectivity index (χ1n) is 6.20. The quantitative estimate of drug-likeness (QED) is 0.600. The van der Waals surface area contributed by atoms with E-state index in [2.05, 4.69) is 27.7 Å².